The van der Waals surface area contributed by atoms with Crippen molar-refractivity contribution in [3.63, 3.8) is 0 Å². The van der Waals surface area contributed by atoms with Gasteiger partial charge in [-0.2, -0.15) is 0 Å². The van der Waals surface area contributed by atoms with Crippen LogP contribution in [0, 0.1) is 5.41 Å². The number of amides is 1. The van der Waals surface area contributed by atoms with Crippen LogP contribution in [0.15, 0.2) is 30.3 Å². The molecule has 1 atom stereocenters. The van der Waals surface area contributed by atoms with Gasteiger partial charge in [-0.25, -0.2) is 0 Å². The third-order valence-corrected chi connectivity index (χ3v) is 4.33. The van der Waals surface area contributed by atoms with E-state index in [0.717, 1.165) is 31.5 Å². The van der Waals surface area contributed by atoms with Crippen molar-refractivity contribution in [2.45, 2.75) is 18.9 Å². The fourth-order valence-electron chi connectivity index (χ4n) is 3.03. The number of ether oxygens (including phenoxy) is 2. The summed E-state index contributed by atoms with van der Waals surface area (Å²) >= 11 is 0. The Bertz CT molecular complexity index is 459. The first-order chi connectivity index (χ1) is 10.7. The molecular weight excluding hydrogens is 316 g/mol. The van der Waals surface area contributed by atoms with Crippen LogP contribution in [0.3, 0.4) is 0 Å². The van der Waals surface area contributed by atoms with Gasteiger partial charge >= 0.3 is 0 Å². The number of carbonyl (C=O) groups is 1. The number of nitrogens with one attached hydrogen (secondary N) is 2. The van der Waals surface area contributed by atoms with E-state index >= 15 is 0 Å². The van der Waals surface area contributed by atoms with Gasteiger partial charge in [-0.1, -0.05) is 30.3 Å². The Morgan fingerprint density at radius 1 is 1.26 bits per heavy atom. The Morgan fingerprint density at radius 3 is 2.48 bits per heavy atom. The van der Waals surface area contributed by atoms with E-state index in [4.69, 9.17) is 9.47 Å². The summed E-state index contributed by atoms with van der Waals surface area (Å²) in [6.45, 7) is 3.21. The first-order valence-electron chi connectivity index (χ1n) is 7.76. The molecule has 6 heteroatoms. The molecule has 1 saturated heterocycles. The highest BCUT2D eigenvalue weighted by atomic mass is 35.5. The molecular formula is C17H27ClN2O3. The zero-order chi connectivity index (χ0) is 15.8. The Hall–Kier alpha value is -1.14. The summed E-state index contributed by atoms with van der Waals surface area (Å²) in [6, 6.07) is 9.56. The van der Waals surface area contributed by atoms with Crippen molar-refractivity contribution in [2.24, 2.45) is 5.41 Å². The van der Waals surface area contributed by atoms with Gasteiger partial charge in [0, 0.05) is 26.2 Å². The third-order valence-electron chi connectivity index (χ3n) is 4.33. The molecule has 1 aromatic carbocycles. The van der Waals surface area contributed by atoms with Gasteiger partial charge in [0.25, 0.3) is 5.91 Å². The van der Waals surface area contributed by atoms with Crippen LogP contribution >= 0.6 is 12.4 Å². The zero-order valence-electron chi connectivity index (χ0n) is 13.8. The average Bonchev–Trinajstić information content (AvgIpc) is 2.56. The standard InChI is InChI=1S/C17H26N2O3.ClH/c1-21-13-17(8-10-18-11-9-17)12-19-16(20)15(22-2)14-6-4-3-5-7-14;/h3-7,15,18H,8-13H2,1-2H3,(H,19,20);1H. The molecule has 1 unspecified atom stereocenters. The summed E-state index contributed by atoms with van der Waals surface area (Å²) in [5.74, 6) is -0.0947. The highest BCUT2D eigenvalue weighted by Gasteiger charge is 2.33. The second-order valence-corrected chi connectivity index (χ2v) is 5.93. The molecule has 2 rings (SSSR count). The fraction of sp³-hybridized carbons (Fsp3) is 0.588. The number of hydrogen-bond donors (Lipinski definition) is 2. The molecule has 0 aliphatic carbocycles. The van der Waals surface area contributed by atoms with E-state index in [1.807, 2.05) is 30.3 Å². The highest BCUT2D eigenvalue weighted by Crippen LogP contribution is 2.28. The van der Waals surface area contributed by atoms with Gasteiger partial charge in [0.05, 0.1) is 6.61 Å². The molecule has 2 N–H and O–H groups in total. The molecule has 0 radical (unpaired) electrons. The lowest BCUT2D eigenvalue weighted by Gasteiger charge is -2.37. The normalized spacial score (nSPS) is 17.8. The van der Waals surface area contributed by atoms with Crippen molar-refractivity contribution >= 4 is 18.3 Å². The topological polar surface area (TPSA) is 59.6 Å². The summed E-state index contributed by atoms with van der Waals surface area (Å²) in [4.78, 5) is 12.5. The maximum atomic E-state index is 12.5. The van der Waals surface area contributed by atoms with Gasteiger partial charge in [-0.3, -0.25) is 4.79 Å². The minimum atomic E-state index is -0.567. The van der Waals surface area contributed by atoms with Crippen molar-refractivity contribution in [1.29, 1.82) is 0 Å². The fourth-order valence-corrected chi connectivity index (χ4v) is 3.03. The lowest BCUT2D eigenvalue weighted by atomic mass is 9.79. The van der Waals surface area contributed by atoms with Crippen molar-refractivity contribution in [3.8, 4) is 0 Å². The summed E-state index contributed by atoms with van der Waals surface area (Å²) in [5, 5.41) is 6.41. The van der Waals surface area contributed by atoms with Crippen LogP contribution in [0.4, 0.5) is 0 Å². The van der Waals surface area contributed by atoms with Gasteiger partial charge in [0.1, 0.15) is 0 Å². The van der Waals surface area contributed by atoms with Gasteiger partial charge in [0.15, 0.2) is 6.10 Å². The average molecular weight is 343 g/mol. The summed E-state index contributed by atoms with van der Waals surface area (Å²) < 4.78 is 10.8. The molecule has 1 heterocycles. The molecule has 130 valence electrons. The van der Waals surface area contributed by atoms with E-state index in [2.05, 4.69) is 10.6 Å². The van der Waals surface area contributed by atoms with E-state index in [0.29, 0.717) is 13.2 Å². The maximum absolute atomic E-state index is 12.5. The van der Waals surface area contributed by atoms with E-state index in [-0.39, 0.29) is 23.7 Å². The predicted octanol–water partition coefficient (Wildman–Crippen LogP) is 1.93. The van der Waals surface area contributed by atoms with E-state index in [9.17, 15) is 4.79 Å². The minimum absolute atomic E-state index is 0. The Labute approximate surface area is 144 Å². The maximum Gasteiger partial charge on any atom is 0.253 e. The molecule has 0 bridgehead atoms. The van der Waals surface area contributed by atoms with Crippen LogP contribution in [0.5, 0.6) is 0 Å². The first kappa shape index (κ1) is 19.9. The molecule has 23 heavy (non-hydrogen) atoms. The second kappa shape index (κ2) is 9.88. The van der Waals surface area contributed by atoms with Crippen LogP contribution in [-0.4, -0.2) is 46.4 Å². The van der Waals surface area contributed by atoms with Gasteiger partial charge in [-0.05, 0) is 31.5 Å². The molecule has 1 aliphatic heterocycles. The highest BCUT2D eigenvalue weighted by molar-refractivity contribution is 5.85. The molecule has 5 nitrogen and oxygen atoms in total. The largest absolute Gasteiger partial charge is 0.384 e. The SMILES string of the molecule is COCC1(CNC(=O)C(OC)c2ccccc2)CCNCC1.Cl. The predicted molar refractivity (Wildman–Crippen MR) is 92.9 cm³/mol. The van der Waals surface area contributed by atoms with Crippen LogP contribution < -0.4 is 10.6 Å². The Kier molecular flexibility index (Phi) is 8.55. The number of halogens is 1. The molecule has 1 aromatic rings. The van der Waals surface area contributed by atoms with Crippen LogP contribution in [-0.2, 0) is 14.3 Å². The first-order valence-corrected chi connectivity index (χ1v) is 7.76. The summed E-state index contributed by atoms with van der Waals surface area (Å²) in [7, 11) is 3.28. The lowest BCUT2D eigenvalue weighted by molar-refractivity contribution is -0.132. The monoisotopic (exact) mass is 342 g/mol. The quantitative estimate of drug-likeness (QED) is 0.795. The second-order valence-electron chi connectivity index (χ2n) is 5.93. The van der Waals surface area contributed by atoms with Crippen molar-refractivity contribution in [3.05, 3.63) is 35.9 Å². The Balaban J connectivity index is 0.00000264. The summed E-state index contributed by atoms with van der Waals surface area (Å²) in [5.41, 5.74) is 0.888. The van der Waals surface area contributed by atoms with E-state index < -0.39 is 6.10 Å². The minimum Gasteiger partial charge on any atom is -0.384 e. The van der Waals surface area contributed by atoms with Crippen LogP contribution in [0.2, 0.25) is 0 Å². The molecule has 1 fully saturated rings. The van der Waals surface area contributed by atoms with E-state index in [1.165, 1.54) is 0 Å². The lowest BCUT2D eigenvalue weighted by Crippen LogP contribution is -2.48. The Morgan fingerprint density at radius 2 is 1.91 bits per heavy atom. The van der Waals surface area contributed by atoms with E-state index in [1.54, 1.807) is 14.2 Å². The van der Waals surface area contributed by atoms with Crippen LogP contribution in [0.1, 0.15) is 24.5 Å². The number of hydrogen-bond acceptors (Lipinski definition) is 4. The van der Waals surface area contributed by atoms with Crippen molar-refractivity contribution in [2.75, 3.05) is 40.5 Å². The summed E-state index contributed by atoms with van der Waals surface area (Å²) in [6.07, 6.45) is 1.44. The van der Waals surface area contributed by atoms with Gasteiger partial charge in [0.2, 0.25) is 0 Å². The molecule has 0 saturated carbocycles. The number of carbonyl (C=O) groups excluding carboxylic acids is 1. The molecule has 1 amide bonds. The number of piperidine rings is 1. The number of benzene rings is 1. The molecule has 0 spiro atoms. The smallest absolute Gasteiger partial charge is 0.253 e. The number of rotatable bonds is 7. The zero-order valence-corrected chi connectivity index (χ0v) is 14.7. The number of methoxy groups -OCH3 is 2. The molecule has 1 aliphatic rings. The van der Waals surface area contributed by atoms with Crippen molar-refractivity contribution < 1.29 is 14.3 Å². The van der Waals surface area contributed by atoms with Gasteiger partial charge in [-0.15, -0.1) is 12.4 Å². The third kappa shape index (κ3) is 5.46. The molecule has 0 aromatic heterocycles. The van der Waals surface area contributed by atoms with Gasteiger partial charge < -0.3 is 20.1 Å². The van der Waals surface area contributed by atoms with Crippen LogP contribution in [0.25, 0.3) is 0 Å². The van der Waals surface area contributed by atoms with Crippen molar-refractivity contribution in [1.82, 2.24) is 10.6 Å².